The minimum Gasteiger partial charge on any atom is -0.497 e. The Morgan fingerprint density at radius 1 is 0.929 bits per heavy atom. The van der Waals surface area contributed by atoms with Crippen LogP contribution in [0.4, 0.5) is 16.2 Å². The normalized spacial score (nSPS) is 14.0. The summed E-state index contributed by atoms with van der Waals surface area (Å²) in [7, 11) is -1.67. The number of urea groups is 1. The zero-order valence-corrected chi connectivity index (χ0v) is 26.0. The van der Waals surface area contributed by atoms with Crippen molar-refractivity contribution in [2.45, 2.75) is 45.2 Å². The number of anilines is 2. The maximum atomic E-state index is 13.2. The number of ether oxygens (including phenoxy) is 2. The van der Waals surface area contributed by atoms with Gasteiger partial charge in [0.2, 0.25) is 10.0 Å². The van der Waals surface area contributed by atoms with E-state index in [0.717, 1.165) is 63.0 Å². The molecule has 3 aromatic carbocycles. The Labute approximate surface area is 255 Å². The molecule has 0 atom stereocenters. The molecule has 0 aromatic heterocycles. The fourth-order valence-corrected chi connectivity index (χ4v) is 5.34. The summed E-state index contributed by atoms with van der Waals surface area (Å²) in [6.45, 7) is 5.46. The highest BCUT2D eigenvalue weighted by molar-refractivity contribution is 7.92. The lowest BCUT2D eigenvalue weighted by Gasteiger charge is -2.34. The van der Waals surface area contributed by atoms with Gasteiger partial charge in [-0.2, -0.15) is 0 Å². The summed E-state index contributed by atoms with van der Waals surface area (Å²) >= 11 is 0. The van der Waals surface area contributed by atoms with E-state index in [4.69, 9.17) is 9.47 Å². The number of nitrogens with zero attached hydrogens (tertiary/aromatic N) is 2. The van der Waals surface area contributed by atoms with E-state index in [-0.39, 0.29) is 24.5 Å². The van der Waals surface area contributed by atoms with Gasteiger partial charge in [0.05, 0.1) is 13.4 Å². The van der Waals surface area contributed by atoms with Gasteiger partial charge in [0.15, 0.2) is 0 Å². The molecular formula is C31H41ClN4O5S. The van der Waals surface area contributed by atoms with Crippen molar-refractivity contribution in [3.8, 4) is 17.2 Å². The summed E-state index contributed by atoms with van der Waals surface area (Å²) in [6.07, 6.45) is 4.88. The molecule has 1 saturated heterocycles. The molecule has 42 heavy (non-hydrogen) atoms. The number of rotatable bonds is 12. The molecule has 0 unspecified atom stereocenters. The van der Waals surface area contributed by atoms with Crippen LogP contribution in [0.5, 0.6) is 17.2 Å². The number of hydrogen-bond donors (Lipinski definition) is 2. The first kappa shape index (κ1) is 33.0. The van der Waals surface area contributed by atoms with Crippen LogP contribution in [0.15, 0.2) is 72.8 Å². The second kappa shape index (κ2) is 15.7. The number of sulfonamides is 1. The summed E-state index contributed by atoms with van der Waals surface area (Å²) in [6, 6.07) is 22.5. The van der Waals surface area contributed by atoms with Gasteiger partial charge in [-0.25, -0.2) is 13.2 Å². The first-order chi connectivity index (χ1) is 19.7. The number of hydrogen-bond acceptors (Lipinski definition) is 6. The standard InChI is InChI=1S/C31H40N4O5S.ClH/c1-4-5-20-35(27-10-16-28(39-2)17-11-27)31(36)32-25-18-21-34(22-19-25)23-24-6-12-29(13-7-24)40-30-14-8-26(9-15-30)33-41(3,37)38;/h6-17,25,33H,4-5,18-23H2,1-3H3,(H,32,36);1H. The molecule has 2 N–H and O–H groups in total. The van der Waals surface area contributed by atoms with Crippen molar-refractivity contribution in [3.63, 3.8) is 0 Å². The van der Waals surface area contributed by atoms with Crippen LogP contribution in [0.25, 0.3) is 0 Å². The van der Waals surface area contributed by atoms with Crippen molar-refractivity contribution < 1.29 is 22.7 Å². The van der Waals surface area contributed by atoms with Gasteiger partial charge in [0, 0.05) is 43.6 Å². The number of likely N-dealkylation sites (tertiary alicyclic amines) is 1. The largest absolute Gasteiger partial charge is 0.497 e. The minimum absolute atomic E-state index is 0. The number of carbonyl (C=O) groups excluding carboxylic acids is 1. The topological polar surface area (TPSA) is 100 Å². The Morgan fingerprint density at radius 2 is 1.50 bits per heavy atom. The number of benzene rings is 3. The lowest BCUT2D eigenvalue weighted by Crippen LogP contribution is -2.49. The van der Waals surface area contributed by atoms with Crippen LogP contribution < -0.4 is 24.4 Å². The first-order valence-electron chi connectivity index (χ1n) is 14.0. The molecule has 1 fully saturated rings. The number of nitrogens with one attached hydrogen (secondary N) is 2. The van der Waals surface area contributed by atoms with Gasteiger partial charge in [-0.1, -0.05) is 25.5 Å². The fourth-order valence-electron chi connectivity index (χ4n) is 4.78. The molecule has 0 spiro atoms. The van der Waals surface area contributed by atoms with E-state index in [9.17, 15) is 13.2 Å². The van der Waals surface area contributed by atoms with Crippen LogP contribution in [0, 0.1) is 0 Å². The van der Waals surface area contributed by atoms with Crippen LogP contribution >= 0.6 is 12.4 Å². The van der Waals surface area contributed by atoms with Crippen LogP contribution in [-0.2, 0) is 16.6 Å². The number of amides is 2. The van der Waals surface area contributed by atoms with Gasteiger partial charge in [-0.15, -0.1) is 12.4 Å². The molecule has 0 radical (unpaired) electrons. The third kappa shape index (κ3) is 10.1. The number of halogens is 1. The summed E-state index contributed by atoms with van der Waals surface area (Å²) in [5.74, 6) is 2.11. The van der Waals surface area contributed by atoms with Gasteiger partial charge in [0.25, 0.3) is 0 Å². The number of unbranched alkanes of at least 4 members (excludes halogenated alkanes) is 1. The zero-order valence-electron chi connectivity index (χ0n) is 24.4. The zero-order chi connectivity index (χ0) is 29.2. The van der Waals surface area contributed by atoms with Crippen molar-refractivity contribution in [3.05, 3.63) is 78.4 Å². The summed E-state index contributed by atoms with van der Waals surface area (Å²) in [4.78, 5) is 17.5. The van der Waals surface area contributed by atoms with Crippen molar-refractivity contribution >= 4 is 39.8 Å². The molecule has 0 bridgehead atoms. The lowest BCUT2D eigenvalue weighted by atomic mass is 10.0. The molecule has 3 aromatic rings. The predicted octanol–water partition coefficient (Wildman–Crippen LogP) is 6.26. The average Bonchev–Trinajstić information content (AvgIpc) is 2.96. The first-order valence-corrected chi connectivity index (χ1v) is 15.9. The molecule has 11 heteroatoms. The molecule has 228 valence electrons. The smallest absolute Gasteiger partial charge is 0.322 e. The molecule has 1 aliphatic heterocycles. The van der Waals surface area contributed by atoms with E-state index in [1.807, 2.05) is 41.3 Å². The van der Waals surface area contributed by atoms with Gasteiger partial charge >= 0.3 is 6.03 Å². The SMILES string of the molecule is CCCCN(C(=O)NC1CCN(Cc2ccc(Oc3ccc(NS(C)(=O)=O)cc3)cc2)CC1)c1ccc(OC)cc1.Cl. The Bertz CT molecular complexity index is 1360. The highest BCUT2D eigenvalue weighted by atomic mass is 35.5. The van der Waals surface area contributed by atoms with E-state index >= 15 is 0 Å². The number of carbonyl (C=O) groups is 1. The van der Waals surface area contributed by atoms with E-state index in [2.05, 4.69) is 34.0 Å². The maximum Gasteiger partial charge on any atom is 0.322 e. The highest BCUT2D eigenvalue weighted by Gasteiger charge is 2.24. The Kier molecular flexibility index (Phi) is 12.3. The Morgan fingerprint density at radius 3 is 2.05 bits per heavy atom. The van der Waals surface area contributed by atoms with E-state index < -0.39 is 10.0 Å². The molecular weight excluding hydrogens is 576 g/mol. The maximum absolute atomic E-state index is 13.2. The van der Waals surface area contributed by atoms with Crippen LogP contribution in [0.2, 0.25) is 0 Å². The quantitative estimate of drug-likeness (QED) is 0.249. The van der Waals surface area contributed by atoms with Gasteiger partial charge in [-0.05, 0) is 85.5 Å². The predicted molar refractivity (Wildman–Crippen MR) is 171 cm³/mol. The van der Waals surface area contributed by atoms with Crippen molar-refractivity contribution in [1.29, 1.82) is 0 Å². The summed E-state index contributed by atoms with van der Waals surface area (Å²) in [5.41, 5.74) is 2.56. The number of methoxy groups -OCH3 is 1. The van der Waals surface area contributed by atoms with E-state index in [1.165, 1.54) is 5.56 Å². The van der Waals surface area contributed by atoms with Gasteiger partial charge < -0.3 is 14.8 Å². The monoisotopic (exact) mass is 616 g/mol. The summed E-state index contributed by atoms with van der Waals surface area (Å²) < 4.78 is 36.3. The second-order valence-electron chi connectivity index (χ2n) is 10.3. The molecule has 2 amide bonds. The third-order valence-corrected chi connectivity index (χ3v) is 7.61. The molecule has 0 aliphatic carbocycles. The summed E-state index contributed by atoms with van der Waals surface area (Å²) in [5, 5.41) is 3.26. The Balaban J connectivity index is 0.00000484. The van der Waals surface area contributed by atoms with Crippen LogP contribution in [0.1, 0.15) is 38.2 Å². The molecule has 1 aliphatic rings. The van der Waals surface area contributed by atoms with Gasteiger partial charge in [-0.3, -0.25) is 14.5 Å². The second-order valence-corrected chi connectivity index (χ2v) is 12.1. The number of piperidine rings is 1. The average molecular weight is 617 g/mol. The highest BCUT2D eigenvalue weighted by Crippen LogP contribution is 2.25. The van der Waals surface area contributed by atoms with E-state index in [1.54, 1.807) is 31.4 Å². The Hall–Kier alpha value is -3.47. The fraction of sp³-hybridized carbons (Fsp3) is 0.387. The van der Waals surface area contributed by atoms with Crippen LogP contribution in [-0.4, -0.2) is 58.4 Å². The van der Waals surface area contributed by atoms with Gasteiger partial charge in [0.1, 0.15) is 17.2 Å². The third-order valence-electron chi connectivity index (χ3n) is 7.00. The molecule has 9 nitrogen and oxygen atoms in total. The van der Waals surface area contributed by atoms with E-state index in [0.29, 0.717) is 23.7 Å². The molecule has 1 heterocycles. The minimum atomic E-state index is -3.31. The van der Waals surface area contributed by atoms with Crippen molar-refractivity contribution in [1.82, 2.24) is 10.2 Å². The van der Waals surface area contributed by atoms with Crippen molar-refractivity contribution in [2.75, 3.05) is 42.6 Å². The van der Waals surface area contributed by atoms with Crippen molar-refractivity contribution in [2.24, 2.45) is 0 Å². The van der Waals surface area contributed by atoms with Crippen LogP contribution in [0.3, 0.4) is 0 Å². The lowest BCUT2D eigenvalue weighted by molar-refractivity contribution is 0.188. The molecule has 4 rings (SSSR count). The molecule has 0 saturated carbocycles.